The maximum Gasteiger partial charge on any atom is 0.205 e. The molecular formula is C16H15N3O3. The third kappa shape index (κ3) is 2.18. The molecule has 1 aromatic heterocycles. The number of benzene rings is 2. The molecule has 0 aliphatic carbocycles. The molecule has 2 aromatic carbocycles. The van der Waals surface area contributed by atoms with Crippen LogP contribution in [0.4, 0.5) is 11.6 Å². The van der Waals surface area contributed by atoms with Crippen LogP contribution in [-0.4, -0.2) is 30.3 Å². The van der Waals surface area contributed by atoms with E-state index in [1.807, 2.05) is 36.4 Å². The fourth-order valence-corrected chi connectivity index (χ4v) is 2.48. The zero-order valence-electron chi connectivity index (χ0n) is 12.1. The minimum Gasteiger partial charge on any atom is -0.495 e. The highest BCUT2D eigenvalue weighted by Crippen LogP contribution is 2.35. The normalized spacial score (nSPS) is 13.1. The standard InChI is InChI=1S/C16H15N3O3/c1-20-13-5-3-2-4-10(13)17-16-18-11-8-14-15(9-12(11)19-16)22-7-6-21-14/h2-5,8-9H,6-7H2,1H3,(H2,17,18,19). The van der Waals surface area contributed by atoms with Gasteiger partial charge in [-0.3, -0.25) is 0 Å². The highest BCUT2D eigenvalue weighted by molar-refractivity contribution is 5.82. The van der Waals surface area contributed by atoms with Crippen molar-refractivity contribution in [1.29, 1.82) is 0 Å². The van der Waals surface area contributed by atoms with Gasteiger partial charge in [-0.1, -0.05) is 12.1 Å². The number of hydrogen-bond acceptors (Lipinski definition) is 5. The molecule has 6 heteroatoms. The Hall–Kier alpha value is -2.89. The number of aromatic nitrogens is 2. The Morgan fingerprint density at radius 1 is 1.14 bits per heavy atom. The number of nitrogens with zero attached hydrogens (tertiary/aromatic N) is 1. The second kappa shape index (κ2) is 5.14. The van der Waals surface area contributed by atoms with Crippen LogP contribution in [0.3, 0.4) is 0 Å². The maximum absolute atomic E-state index is 5.58. The van der Waals surface area contributed by atoms with Crippen molar-refractivity contribution in [2.24, 2.45) is 0 Å². The fraction of sp³-hybridized carbons (Fsp3) is 0.188. The van der Waals surface area contributed by atoms with E-state index in [1.165, 1.54) is 0 Å². The molecule has 22 heavy (non-hydrogen) atoms. The number of rotatable bonds is 3. The van der Waals surface area contributed by atoms with Crippen LogP contribution in [0, 0.1) is 0 Å². The van der Waals surface area contributed by atoms with E-state index in [4.69, 9.17) is 14.2 Å². The molecule has 0 fully saturated rings. The number of aromatic amines is 1. The predicted octanol–water partition coefficient (Wildman–Crippen LogP) is 3.09. The summed E-state index contributed by atoms with van der Waals surface area (Å²) >= 11 is 0. The molecule has 3 aromatic rings. The second-order valence-electron chi connectivity index (χ2n) is 4.92. The average Bonchev–Trinajstić information content (AvgIpc) is 2.94. The summed E-state index contributed by atoms with van der Waals surface area (Å²) in [6.07, 6.45) is 0. The van der Waals surface area contributed by atoms with Crippen LogP contribution in [-0.2, 0) is 0 Å². The summed E-state index contributed by atoms with van der Waals surface area (Å²) in [4.78, 5) is 7.77. The summed E-state index contributed by atoms with van der Waals surface area (Å²) in [5.41, 5.74) is 2.56. The van der Waals surface area contributed by atoms with Crippen LogP contribution >= 0.6 is 0 Å². The minimum absolute atomic E-state index is 0.565. The van der Waals surface area contributed by atoms with Crippen molar-refractivity contribution < 1.29 is 14.2 Å². The van der Waals surface area contributed by atoms with Gasteiger partial charge in [0.15, 0.2) is 11.5 Å². The summed E-state index contributed by atoms with van der Waals surface area (Å²) in [5, 5.41) is 3.23. The molecule has 0 radical (unpaired) electrons. The first kappa shape index (κ1) is 12.8. The molecule has 1 aliphatic rings. The molecule has 0 saturated carbocycles. The number of anilines is 2. The zero-order valence-corrected chi connectivity index (χ0v) is 12.1. The lowest BCUT2D eigenvalue weighted by Gasteiger charge is -2.17. The number of para-hydroxylation sites is 2. The molecule has 0 spiro atoms. The molecule has 0 atom stereocenters. The lowest BCUT2D eigenvalue weighted by molar-refractivity contribution is 0.172. The summed E-state index contributed by atoms with van der Waals surface area (Å²) < 4.78 is 16.5. The smallest absolute Gasteiger partial charge is 0.205 e. The Balaban J connectivity index is 1.70. The minimum atomic E-state index is 0.565. The van der Waals surface area contributed by atoms with E-state index in [1.54, 1.807) is 7.11 Å². The Morgan fingerprint density at radius 3 is 2.73 bits per heavy atom. The highest BCUT2D eigenvalue weighted by Gasteiger charge is 2.15. The SMILES string of the molecule is COc1ccccc1Nc1nc2cc3c(cc2[nH]1)OCCO3. The van der Waals surface area contributed by atoms with E-state index in [0.29, 0.717) is 19.2 Å². The van der Waals surface area contributed by atoms with Gasteiger partial charge >= 0.3 is 0 Å². The van der Waals surface area contributed by atoms with Crippen molar-refractivity contribution >= 4 is 22.7 Å². The van der Waals surface area contributed by atoms with Crippen molar-refractivity contribution in [3.8, 4) is 17.2 Å². The van der Waals surface area contributed by atoms with Crippen LogP contribution in [0.1, 0.15) is 0 Å². The Kier molecular flexibility index (Phi) is 3.00. The fourth-order valence-electron chi connectivity index (χ4n) is 2.48. The number of imidazole rings is 1. The molecule has 0 saturated heterocycles. The monoisotopic (exact) mass is 297 g/mol. The van der Waals surface area contributed by atoms with Gasteiger partial charge in [0, 0.05) is 12.1 Å². The summed E-state index contributed by atoms with van der Waals surface area (Å²) in [6.45, 7) is 1.13. The average molecular weight is 297 g/mol. The van der Waals surface area contributed by atoms with Crippen molar-refractivity contribution in [1.82, 2.24) is 9.97 Å². The second-order valence-corrected chi connectivity index (χ2v) is 4.92. The van der Waals surface area contributed by atoms with E-state index < -0.39 is 0 Å². The largest absolute Gasteiger partial charge is 0.495 e. The van der Waals surface area contributed by atoms with Gasteiger partial charge in [-0.2, -0.15) is 0 Å². The summed E-state index contributed by atoms with van der Waals surface area (Å²) in [5.74, 6) is 2.87. The molecule has 0 bridgehead atoms. The van der Waals surface area contributed by atoms with Crippen LogP contribution in [0.5, 0.6) is 17.2 Å². The van der Waals surface area contributed by atoms with E-state index in [9.17, 15) is 0 Å². The van der Waals surface area contributed by atoms with E-state index in [2.05, 4.69) is 15.3 Å². The highest BCUT2D eigenvalue weighted by atomic mass is 16.6. The van der Waals surface area contributed by atoms with Gasteiger partial charge in [0.05, 0.1) is 23.8 Å². The van der Waals surface area contributed by atoms with Gasteiger partial charge in [0.1, 0.15) is 19.0 Å². The van der Waals surface area contributed by atoms with Crippen LogP contribution in [0.2, 0.25) is 0 Å². The van der Waals surface area contributed by atoms with Crippen LogP contribution < -0.4 is 19.5 Å². The lowest BCUT2D eigenvalue weighted by atomic mass is 10.2. The van der Waals surface area contributed by atoms with Crippen molar-refractivity contribution in [2.75, 3.05) is 25.6 Å². The Labute approximate surface area is 127 Å². The third-order valence-electron chi connectivity index (χ3n) is 3.51. The Morgan fingerprint density at radius 2 is 1.91 bits per heavy atom. The van der Waals surface area contributed by atoms with Gasteiger partial charge in [-0.05, 0) is 12.1 Å². The number of methoxy groups -OCH3 is 1. The number of hydrogen-bond donors (Lipinski definition) is 2. The summed E-state index contributed by atoms with van der Waals surface area (Å²) in [7, 11) is 1.64. The number of fused-ring (bicyclic) bond motifs is 2. The topological polar surface area (TPSA) is 68.4 Å². The maximum atomic E-state index is 5.58. The van der Waals surface area contributed by atoms with Crippen molar-refractivity contribution in [2.45, 2.75) is 0 Å². The molecule has 0 unspecified atom stereocenters. The predicted molar refractivity (Wildman–Crippen MR) is 83.4 cm³/mol. The first-order valence-electron chi connectivity index (χ1n) is 7.03. The molecule has 1 aliphatic heterocycles. The third-order valence-corrected chi connectivity index (χ3v) is 3.51. The van der Waals surface area contributed by atoms with E-state index >= 15 is 0 Å². The molecule has 0 amide bonds. The van der Waals surface area contributed by atoms with Gasteiger partial charge in [0.2, 0.25) is 5.95 Å². The van der Waals surface area contributed by atoms with Gasteiger partial charge < -0.3 is 24.5 Å². The molecular weight excluding hydrogens is 282 g/mol. The summed E-state index contributed by atoms with van der Waals surface area (Å²) in [6, 6.07) is 11.5. The molecule has 4 rings (SSSR count). The number of H-pyrrole nitrogens is 1. The van der Waals surface area contributed by atoms with E-state index in [-0.39, 0.29) is 0 Å². The molecule has 112 valence electrons. The van der Waals surface area contributed by atoms with Gasteiger partial charge in [0.25, 0.3) is 0 Å². The van der Waals surface area contributed by atoms with Crippen LogP contribution in [0.15, 0.2) is 36.4 Å². The van der Waals surface area contributed by atoms with Crippen molar-refractivity contribution in [3.63, 3.8) is 0 Å². The molecule has 2 heterocycles. The quantitative estimate of drug-likeness (QED) is 0.777. The van der Waals surface area contributed by atoms with E-state index in [0.717, 1.165) is 34.0 Å². The zero-order chi connectivity index (χ0) is 14.9. The van der Waals surface area contributed by atoms with Crippen LogP contribution in [0.25, 0.3) is 11.0 Å². The number of ether oxygens (including phenoxy) is 3. The Bertz CT molecular complexity index is 786. The molecule has 6 nitrogen and oxygen atoms in total. The number of nitrogens with one attached hydrogen (secondary N) is 2. The van der Waals surface area contributed by atoms with Gasteiger partial charge in [-0.15, -0.1) is 0 Å². The van der Waals surface area contributed by atoms with Crippen molar-refractivity contribution in [3.05, 3.63) is 36.4 Å². The molecule has 2 N–H and O–H groups in total. The first-order chi connectivity index (χ1) is 10.8. The first-order valence-corrected chi connectivity index (χ1v) is 7.03. The van der Waals surface area contributed by atoms with Gasteiger partial charge in [-0.25, -0.2) is 4.98 Å². The lowest BCUT2D eigenvalue weighted by Crippen LogP contribution is -2.15.